The summed E-state index contributed by atoms with van der Waals surface area (Å²) in [5.41, 5.74) is 1.29. The van der Waals surface area contributed by atoms with Gasteiger partial charge >= 0.3 is 12.0 Å². The topological polar surface area (TPSA) is 100 Å². The van der Waals surface area contributed by atoms with Gasteiger partial charge in [-0.1, -0.05) is 12.1 Å². The number of urea groups is 1. The predicted molar refractivity (Wildman–Crippen MR) is 77.4 cm³/mol. The molecule has 2 heterocycles. The van der Waals surface area contributed by atoms with Gasteiger partial charge in [-0.2, -0.15) is 0 Å². The predicted octanol–water partition coefficient (Wildman–Crippen LogP) is 1.36. The Hall–Kier alpha value is -3.35. The number of nitrogens with zero attached hydrogens (tertiary/aromatic N) is 1. The van der Waals surface area contributed by atoms with Gasteiger partial charge in [0.25, 0.3) is 5.91 Å². The van der Waals surface area contributed by atoms with Gasteiger partial charge in [-0.25, -0.2) is 9.59 Å². The molecule has 22 heavy (non-hydrogen) atoms. The molecule has 3 amide bonds. The largest absolute Gasteiger partial charge is 0.478 e. The minimum Gasteiger partial charge on any atom is -0.478 e. The summed E-state index contributed by atoms with van der Waals surface area (Å²) in [5.74, 6) is -1.57. The van der Waals surface area contributed by atoms with Crippen LogP contribution >= 0.6 is 0 Å². The van der Waals surface area contributed by atoms with Crippen molar-refractivity contribution >= 4 is 24.0 Å². The van der Waals surface area contributed by atoms with Crippen molar-refractivity contribution in [3.05, 3.63) is 59.5 Å². The minimum atomic E-state index is -1.05. The molecule has 0 bridgehead atoms. The Balaban J connectivity index is 2.08. The average molecular weight is 297 g/mol. The molecule has 0 saturated carbocycles. The summed E-state index contributed by atoms with van der Waals surface area (Å²) in [6.45, 7) is 0. The van der Waals surface area contributed by atoms with Crippen molar-refractivity contribution in [1.82, 2.24) is 15.2 Å². The number of benzene rings is 1. The normalized spacial score (nSPS) is 15.7. The van der Waals surface area contributed by atoms with Gasteiger partial charge in [0, 0.05) is 11.9 Å². The third kappa shape index (κ3) is 2.35. The zero-order valence-electron chi connectivity index (χ0n) is 11.2. The molecule has 1 aromatic carbocycles. The van der Waals surface area contributed by atoms with E-state index in [-0.39, 0.29) is 11.3 Å². The van der Waals surface area contributed by atoms with Crippen LogP contribution in [0.2, 0.25) is 0 Å². The van der Waals surface area contributed by atoms with Crippen LogP contribution in [0.3, 0.4) is 0 Å². The maximum atomic E-state index is 11.6. The van der Waals surface area contributed by atoms with E-state index in [0.29, 0.717) is 11.4 Å². The summed E-state index contributed by atoms with van der Waals surface area (Å²) >= 11 is 0. The van der Waals surface area contributed by atoms with Crippen LogP contribution in [0.25, 0.3) is 11.8 Å². The van der Waals surface area contributed by atoms with Crippen LogP contribution in [0, 0.1) is 0 Å². The van der Waals surface area contributed by atoms with Crippen LogP contribution in [0.1, 0.15) is 16.1 Å². The van der Waals surface area contributed by atoms with Crippen molar-refractivity contribution in [3.8, 4) is 5.69 Å². The molecule has 7 heteroatoms. The zero-order chi connectivity index (χ0) is 15.7. The highest BCUT2D eigenvalue weighted by Gasteiger charge is 2.23. The number of aromatic nitrogens is 1. The first-order chi connectivity index (χ1) is 10.6. The fraction of sp³-hybridized carbons (Fsp3) is 0. The highest BCUT2D eigenvalue weighted by Crippen LogP contribution is 2.19. The molecule has 2 aromatic rings. The quantitative estimate of drug-likeness (QED) is 0.588. The van der Waals surface area contributed by atoms with Gasteiger partial charge in [-0.15, -0.1) is 0 Å². The third-order valence-corrected chi connectivity index (χ3v) is 3.19. The average Bonchev–Trinajstić information content (AvgIpc) is 3.06. The number of carboxylic acid groups (broad SMARTS) is 1. The first kappa shape index (κ1) is 13.6. The Morgan fingerprint density at radius 3 is 2.55 bits per heavy atom. The van der Waals surface area contributed by atoms with E-state index in [4.69, 9.17) is 0 Å². The Morgan fingerprint density at radius 1 is 1.09 bits per heavy atom. The van der Waals surface area contributed by atoms with Crippen LogP contribution in [0.5, 0.6) is 0 Å². The van der Waals surface area contributed by atoms with Gasteiger partial charge in [-0.05, 0) is 30.3 Å². The van der Waals surface area contributed by atoms with Crippen LogP contribution in [-0.2, 0) is 4.79 Å². The number of nitrogens with one attached hydrogen (secondary N) is 2. The van der Waals surface area contributed by atoms with E-state index in [1.165, 1.54) is 12.1 Å². The summed E-state index contributed by atoms with van der Waals surface area (Å²) in [7, 11) is 0. The highest BCUT2D eigenvalue weighted by atomic mass is 16.4. The molecule has 0 spiro atoms. The van der Waals surface area contributed by atoms with Crippen molar-refractivity contribution in [2.45, 2.75) is 0 Å². The van der Waals surface area contributed by atoms with Crippen LogP contribution in [0.4, 0.5) is 4.79 Å². The number of imide groups is 1. The summed E-state index contributed by atoms with van der Waals surface area (Å²) < 4.78 is 1.63. The fourth-order valence-corrected chi connectivity index (χ4v) is 2.23. The molecule has 1 aliphatic rings. The first-order valence-corrected chi connectivity index (χ1v) is 6.40. The summed E-state index contributed by atoms with van der Waals surface area (Å²) in [5, 5.41) is 13.8. The molecule has 1 saturated heterocycles. The zero-order valence-corrected chi connectivity index (χ0v) is 11.2. The van der Waals surface area contributed by atoms with E-state index >= 15 is 0 Å². The van der Waals surface area contributed by atoms with Gasteiger partial charge in [0.05, 0.1) is 11.3 Å². The molecule has 1 fully saturated rings. The van der Waals surface area contributed by atoms with Crippen molar-refractivity contribution in [1.29, 1.82) is 0 Å². The van der Waals surface area contributed by atoms with Crippen LogP contribution < -0.4 is 10.6 Å². The molecule has 1 aliphatic heterocycles. The van der Waals surface area contributed by atoms with Crippen molar-refractivity contribution in [3.63, 3.8) is 0 Å². The molecule has 1 aromatic heterocycles. The summed E-state index contributed by atoms with van der Waals surface area (Å²) in [6.07, 6.45) is 3.17. The molecule has 7 nitrogen and oxygen atoms in total. The number of carboxylic acids is 1. The van der Waals surface area contributed by atoms with Crippen LogP contribution in [-0.4, -0.2) is 27.6 Å². The van der Waals surface area contributed by atoms with Gasteiger partial charge in [0.15, 0.2) is 0 Å². The van der Waals surface area contributed by atoms with Gasteiger partial charge < -0.3 is 15.0 Å². The maximum Gasteiger partial charge on any atom is 0.337 e. The fourth-order valence-electron chi connectivity index (χ4n) is 2.23. The summed E-state index contributed by atoms with van der Waals surface area (Å²) in [6, 6.07) is 9.38. The maximum absolute atomic E-state index is 11.6. The third-order valence-electron chi connectivity index (χ3n) is 3.19. The van der Waals surface area contributed by atoms with Gasteiger partial charge in [0.2, 0.25) is 0 Å². The second kappa shape index (κ2) is 5.21. The van der Waals surface area contributed by atoms with E-state index in [9.17, 15) is 19.5 Å². The van der Waals surface area contributed by atoms with E-state index < -0.39 is 17.9 Å². The monoisotopic (exact) mass is 297 g/mol. The molecule has 3 N–H and O–H groups in total. The standard InChI is InChI=1S/C15H11N3O4/c19-13-11(16-15(22)17-13)8-9-4-3-7-18(9)12-6-2-1-5-10(12)14(20)21/h1-8H,(H,20,21)(H2,16,17,19,22). The van der Waals surface area contributed by atoms with Crippen molar-refractivity contribution in [2.24, 2.45) is 0 Å². The Kier molecular flexibility index (Phi) is 3.23. The SMILES string of the molecule is O=C1NC(=O)C(=Cc2cccn2-c2ccccc2C(=O)O)N1. The van der Waals surface area contributed by atoms with E-state index in [0.717, 1.165) is 0 Å². The first-order valence-electron chi connectivity index (χ1n) is 6.40. The lowest BCUT2D eigenvalue weighted by Gasteiger charge is -2.10. The van der Waals surface area contributed by atoms with Gasteiger partial charge in [-0.3, -0.25) is 10.1 Å². The number of rotatable bonds is 3. The lowest BCUT2D eigenvalue weighted by molar-refractivity contribution is -0.115. The number of aromatic carboxylic acids is 1. The van der Waals surface area contributed by atoms with E-state index in [1.807, 2.05) is 0 Å². The molecule has 110 valence electrons. The number of amides is 3. The second-order valence-corrected chi connectivity index (χ2v) is 4.59. The number of para-hydroxylation sites is 1. The lowest BCUT2D eigenvalue weighted by atomic mass is 10.1. The molecule has 0 aliphatic carbocycles. The Bertz CT molecular complexity index is 820. The van der Waals surface area contributed by atoms with Gasteiger partial charge in [0.1, 0.15) is 5.70 Å². The Morgan fingerprint density at radius 2 is 1.86 bits per heavy atom. The molecule has 3 rings (SSSR count). The number of hydrogen-bond acceptors (Lipinski definition) is 3. The van der Waals surface area contributed by atoms with E-state index in [1.54, 1.807) is 41.1 Å². The lowest BCUT2D eigenvalue weighted by Crippen LogP contribution is -2.22. The minimum absolute atomic E-state index is 0.109. The second-order valence-electron chi connectivity index (χ2n) is 4.59. The molecule has 0 radical (unpaired) electrons. The number of carbonyl (C=O) groups is 3. The molecule has 0 atom stereocenters. The molecule has 0 unspecified atom stereocenters. The van der Waals surface area contributed by atoms with Crippen molar-refractivity contribution in [2.75, 3.05) is 0 Å². The summed E-state index contributed by atoms with van der Waals surface area (Å²) in [4.78, 5) is 34.0. The number of hydrogen-bond donors (Lipinski definition) is 3. The number of carbonyl (C=O) groups excluding carboxylic acids is 2. The smallest absolute Gasteiger partial charge is 0.337 e. The van der Waals surface area contributed by atoms with E-state index in [2.05, 4.69) is 10.6 Å². The van der Waals surface area contributed by atoms with Crippen molar-refractivity contribution < 1.29 is 19.5 Å². The Labute approximate surface area is 124 Å². The molecular weight excluding hydrogens is 286 g/mol. The highest BCUT2D eigenvalue weighted by molar-refractivity contribution is 6.13. The van der Waals surface area contributed by atoms with Crippen LogP contribution in [0.15, 0.2) is 48.3 Å². The molecular formula is C15H11N3O4.